The molecule has 1 aliphatic carbocycles. The molecule has 6 atom stereocenters. The van der Waals surface area contributed by atoms with Crippen LogP contribution in [0.1, 0.15) is 24.8 Å². The molecule has 1 amide bonds. The van der Waals surface area contributed by atoms with Gasteiger partial charge in [-0.2, -0.15) is 0 Å². The van der Waals surface area contributed by atoms with Gasteiger partial charge >= 0.3 is 0 Å². The van der Waals surface area contributed by atoms with E-state index < -0.39 is 0 Å². The van der Waals surface area contributed by atoms with Crippen LogP contribution in [0.25, 0.3) is 0 Å². The Balaban J connectivity index is 1.56. The number of amides is 1. The van der Waals surface area contributed by atoms with E-state index >= 15 is 0 Å². The number of hydrogen-bond acceptors (Lipinski definition) is 3. The van der Waals surface area contributed by atoms with E-state index in [1.54, 1.807) is 5.57 Å². The normalized spacial score (nSPS) is 43.5. The summed E-state index contributed by atoms with van der Waals surface area (Å²) in [7, 11) is 0. The van der Waals surface area contributed by atoms with Crippen LogP contribution in [0.15, 0.2) is 32.7 Å². The van der Waals surface area contributed by atoms with Crippen LogP contribution in [0.2, 0.25) is 0 Å². The van der Waals surface area contributed by atoms with Crippen LogP contribution < -0.4 is 4.90 Å². The standard InChI is InChI=1S/C21H20Br2N2O2/c22-11-5-13-19(14(23)6-11)25-17(26)8-15-18-12-7-16-21(13,20(18)25)2-3-24(16)9-10(12)1-4-27-15/h1,5-6,12,15-16,18,20H,2-4,7-9H2/t12?,15-,16?,18?,20?,21+/m0/s1. The van der Waals surface area contributed by atoms with E-state index in [4.69, 9.17) is 4.74 Å². The zero-order chi connectivity index (χ0) is 18.1. The molecule has 5 heterocycles. The molecule has 140 valence electrons. The van der Waals surface area contributed by atoms with Gasteiger partial charge in [0.05, 0.1) is 30.9 Å². The van der Waals surface area contributed by atoms with Crippen LogP contribution in [-0.4, -0.2) is 48.7 Å². The van der Waals surface area contributed by atoms with Crippen molar-refractivity contribution in [3.8, 4) is 0 Å². The summed E-state index contributed by atoms with van der Waals surface area (Å²) >= 11 is 7.52. The molecule has 4 nitrogen and oxygen atoms in total. The average molecular weight is 492 g/mol. The highest BCUT2D eigenvalue weighted by Crippen LogP contribution is 2.66. The molecule has 1 saturated carbocycles. The van der Waals surface area contributed by atoms with E-state index in [-0.39, 0.29) is 23.5 Å². The van der Waals surface area contributed by atoms with Crippen molar-refractivity contribution in [3.63, 3.8) is 0 Å². The van der Waals surface area contributed by atoms with Crippen molar-refractivity contribution in [3.05, 3.63) is 38.3 Å². The highest BCUT2D eigenvalue weighted by Gasteiger charge is 2.71. The number of nitrogens with zero attached hydrogens (tertiary/aromatic N) is 2. The third-order valence-electron chi connectivity index (χ3n) is 8.32. The molecule has 5 aliphatic heterocycles. The maximum Gasteiger partial charge on any atom is 0.229 e. The van der Waals surface area contributed by atoms with Gasteiger partial charge in [-0.15, -0.1) is 0 Å². The second-order valence-corrected chi connectivity index (χ2v) is 10.8. The number of fused-ring (bicyclic) bond motifs is 2. The first-order valence-corrected chi connectivity index (χ1v) is 11.5. The molecular formula is C21H20Br2N2O2. The van der Waals surface area contributed by atoms with E-state index in [2.05, 4.69) is 59.9 Å². The quantitative estimate of drug-likeness (QED) is 0.519. The lowest BCUT2D eigenvalue weighted by Gasteiger charge is -2.58. The number of carbonyl (C=O) groups is 1. The number of carbonyl (C=O) groups excluding carboxylic acids is 1. The monoisotopic (exact) mass is 490 g/mol. The van der Waals surface area contributed by atoms with E-state index in [1.165, 1.54) is 12.0 Å². The number of piperidine rings is 2. The minimum absolute atomic E-state index is 0.0519. The van der Waals surface area contributed by atoms with Crippen molar-refractivity contribution in [2.45, 2.75) is 42.9 Å². The van der Waals surface area contributed by atoms with E-state index in [1.807, 2.05) is 0 Å². The molecule has 0 N–H and O–H groups in total. The van der Waals surface area contributed by atoms with Gasteiger partial charge in [-0.05, 0) is 58.9 Å². The molecule has 1 aromatic rings. The highest BCUT2D eigenvalue weighted by atomic mass is 79.9. The second-order valence-electron chi connectivity index (χ2n) is 9.04. The molecule has 3 saturated heterocycles. The predicted octanol–water partition coefficient (Wildman–Crippen LogP) is 3.62. The van der Waals surface area contributed by atoms with Crippen molar-refractivity contribution in [2.75, 3.05) is 24.6 Å². The molecule has 0 aromatic heterocycles. The average Bonchev–Trinajstić information content (AvgIpc) is 3.10. The summed E-state index contributed by atoms with van der Waals surface area (Å²) in [6.07, 6.45) is 5.28. The lowest BCUT2D eigenvalue weighted by molar-refractivity contribution is -0.132. The minimum atomic E-state index is 0.0519. The van der Waals surface area contributed by atoms with Crippen LogP contribution in [0.4, 0.5) is 5.69 Å². The van der Waals surface area contributed by atoms with Crippen molar-refractivity contribution in [2.24, 2.45) is 11.8 Å². The lowest BCUT2D eigenvalue weighted by atomic mass is 9.53. The molecule has 7 rings (SSSR count). The summed E-state index contributed by atoms with van der Waals surface area (Å²) in [5.74, 6) is 1.23. The number of ether oxygens (including phenoxy) is 1. The fourth-order valence-electron chi connectivity index (χ4n) is 7.58. The van der Waals surface area contributed by atoms with E-state index in [0.717, 1.165) is 34.1 Å². The molecule has 4 fully saturated rings. The second kappa shape index (κ2) is 5.07. The van der Waals surface area contributed by atoms with Gasteiger partial charge in [0, 0.05) is 32.9 Å². The Morgan fingerprint density at radius 2 is 2.15 bits per heavy atom. The van der Waals surface area contributed by atoms with Gasteiger partial charge in [-0.1, -0.05) is 27.6 Å². The van der Waals surface area contributed by atoms with Crippen molar-refractivity contribution >= 4 is 43.5 Å². The first-order valence-electron chi connectivity index (χ1n) is 9.96. The van der Waals surface area contributed by atoms with Gasteiger partial charge in [-0.3, -0.25) is 9.69 Å². The molecule has 0 radical (unpaired) electrons. The smallest absolute Gasteiger partial charge is 0.229 e. The summed E-state index contributed by atoms with van der Waals surface area (Å²) in [5, 5.41) is 0. The van der Waals surface area contributed by atoms with Crippen molar-refractivity contribution in [1.82, 2.24) is 4.90 Å². The summed E-state index contributed by atoms with van der Waals surface area (Å²) < 4.78 is 8.42. The summed E-state index contributed by atoms with van der Waals surface area (Å²) in [6, 6.07) is 5.17. The first kappa shape index (κ1) is 16.1. The first-order chi connectivity index (χ1) is 13.1. The predicted molar refractivity (Wildman–Crippen MR) is 109 cm³/mol. The van der Waals surface area contributed by atoms with Gasteiger partial charge in [0.15, 0.2) is 0 Å². The van der Waals surface area contributed by atoms with Crippen LogP contribution in [0.3, 0.4) is 0 Å². The number of hydrogen-bond donors (Lipinski definition) is 0. The van der Waals surface area contributed by atoms with Crippen LogP contribution in [0.5, 0.6) is 0 Å². The summed E-state index contributed by atoms with van der Waals surface area (Å²) in [4.78, 5) is 18.3. The molecule has 1 aromatic carbocycles. The fraction of sp³-hybridized carbons (Fsp3) is 0.571. The highest BCUT2D eigenvalue weighted by molar-refractivity contribution is 9.11. The van der Waals surface area contributed by atoms with Gasteiger partial charge in [0.2, 0.25) is 5.91 Å². The van der Waals surface area contributed by atoms with E-state index in [0.29, 0.717) is 30.9 Å². The number of rotatable bonds is 0. The summed E-state index contributed by atoms with van der Waals surface area (Å²) in [5.41, 5.74) is 4.14. The topological polar surface area (TPSA) is 32.8 Å². The van der Waals surface area contributed by atoms with Crippen LogP contribution in [-0.2, 0) is 14.9 Å². The Hall–Kier alpha value is -0.690. The van der Waals surface area contributed by atoms with Gasteiger partial charge in [-0.25, -0.2) is 0 Å². The molecule has 6 heteroatoms. The van der Waals surface area contributed by atoms with Crippen LogP contribution >= 0.6 is 31.9 Å². The SMILES string of the molecule is O=C1C[C@@H]2OCC=C3CN4CC[C@]56c7cc(Br)cc(Br)c7N1C5C2C3CC46. The molecule has 6 aliphatic rings. The van der Waals surface area contributed by atoms with E-state index in [9.17, 15) is 4.79 Å². The minimum Gasteiger partial charge on any atom is -0.373 e. The largest absolute Gasteiger partial charge is 0.373 e. The fourth-order valence-corrected chi connectivity index (χ4v) is 8.99. The molecule has 4 unspecified atom stereocenters. The Morgan fingerprint density at radius 3 is 3.04 bits per heavy atom. The lowest BCUT2D eigenvalue weighted by Crippen LogP contribution is -2.69. The third kappa shape index (κ3) is 1.72. The molecular weight excluding hydrogens is 472 g/mol. The van der Waals surface area contributed by atoms with Crippen molar-refractivity contribution < 1.29 is 9.53 Å². The maximum absolute atomic E-state index is 13.4. The Morgan fingerprint density at radius 1 is 1.26 bits per heavy atom. The van der Waals surface area contributed by atoms with Gasteiger partial charge in [0.25, 0.3) is 0 Å². The molecule has 27 heavy (non-hydrogen) atoms. The zero-order valence-corrected chi connectivity index (χ0v) is 18.0. The molecule has 2 bridgehead atoms. The Labute approximate surface area is 175 Å². The number of halogens is 2. The van der Waals surface area contributed by atoms with Gasteiger partial charge < -0.3 is 9.64 Å². The summed E-state index contributed by atoms with van der Waals surface area (Å²) in [6.45, 7) is 2.89. The Kier molecular flexibility index (Phi) is 3.03. The maximum atomic E-state index is 13.4. The molecule has 1 spiro atoms. The zero-order valence-electron chi connectivity index (χ0n) is 14.8. The van der Waals surface area contributed by atoms with Crippen LogP contribution in [0, 0.1) is 11.8 Å². The number of anilines is 1. The third-order valence-corrected chi connectivity index (χ3v) is 9.38. The van der Waals surface area contributed by atoms with Crippen molar-refractivity contribution in [1.29, 1.82) is 0 Å². The Bertz CT molecular complexity index is 946. The van der Waals surface area contributed by atoms with Gasteiger partial charge in [0.1, 0.15) is 0 Å². The number of benzene rings is 1.